The fourth-order valence-electron chi connectivity index (χ4n) is 2.27. The van der Waals surface area contributed by atoms with E-state index in [4.69, 9.17) is 5.73 Å². The molecule has 108 valence electrons. The SMILES string of the molecule is Cc1cc(N2CC(C(=O)NCCN)CC2=O)ccc1Br. The van der Waals surface area contributed by atoms with Crippen LogP contribution in [0, 0.1) is 12.8 Å². The second-order valence-electron chi connectivity index (χ2n) is 4.92. The molecule has 3 N–H and O–H groups in total. The highest BCUT2D eigenvalue weighted by Gasteiger charge is 2.34. The Hall–Kier alpha value is -1.40. The number of carbonyl (C=O) groups excluding carboxylic acids is 2. The van der Waals surface area contributed by atoms with Crippen LogP contribution < -0.4 is 16.0 Å². The van der Waals surface area contributed by atoms with Gasteiger partial charge in [-0.15, -0.1) is 0 Å². The fourth-order valence-corrected chi connectivity index (χ4v) is 2.52. The van der Waals surface area contributed by atoms with Crippen molar-refractivity contribution in [1.82, 2.24) is 5.32 Å². The van der Waals surface area contributed by atoms with E-state index in [2.05, 4.69) is 21.2 Å². The van der Waals surface area contributed by atoms with Gasteiger partial charge in [-0.3, -0.25) is 9.59 Å². The highest BCUT2D eigenvalue weighted by Crippen LogP contribution is 2.28. The molecule has 1 aromatic carbocycles. The zero-order valence-corrected chi connectivity index (χ0v) is 12.9. The van der Waals surface area contributed by atoms with E-state index in [0.29, 0.717) is 19.6 Å². The average Bonchev–Trinajstić information content (AvgIpc) is 2.81. The van der Waals surface area contributed by atoms with Crippen LogP contribution in [0.2, 0.25) is 0 Å². The summed E-state index contributed by atoms with van der Waals surface area (Å²) in [5.41, 5.74) is 7.25. The van der Waals surface area contributed by atoms with Crippen molar-refractivity contribution >= 4 is 33.4 Å². The lowest BCUT2D eigenvalue weighted by Crippen LogP contribution is -2.35. The van der Waals surface area contributed by atoms with Gasteiger partial charge < -0.3 is 16.0 Å². The van der Waals surface area contributed by atoms with E-state index >= 15 is 0 Å². The number of halogens is 1. The second kappa shape index (κ2) is 6.37. The number of amides is 2. The molecule has 2 rings (SSSR count). The number of nitrogens with zero attached hydrogens (tertiary/aromatic N) is 1. The van der Waals surface area contributed by atoms with Gasteiger partial charge in [0.05, 0.1) is 5.92 Å². The molecule has 1 atom stereocenters. The van der Waals surface area contributed by atoms with Crippen LogP contribution in [0.4, 0.5) is 5.69 Å². The van der Waals surface area contributed by atoms with E-state index in [1.165, 1.54) is 0 Å². The van der Waals surface area contributed by atoms with Gasteiger partial charge >= 0.3 is 0 Å². The summed E-state index contributed by atoms with van der Waals surface area (Å²) in [6.45, 7) is 3.25. The van der Waals surface area contributed by atoms with Crippen LogP contribution in [-0.4, -0.2) is 31.4 Å². The maximum atomic E-state index is 12.1. The molecule has 1 aromatic rings. The predicted octanol–water partition coefficient (Wildman–Crippen LogP) is 1.19. The molecule has 6 heteroatoms. The van der Waals surface area contributed by atoms with E-state index in [1.54, 1.807) is 4.90 Å². The van der Waals surface area contributed by atoms with Gasteiger partial charge in [0.25, 0.3) is 0 Å². The minimum Gasteiger partial charge on any atom is -0.355 e. The average molecular weight is 340 g/mol. The lowest BCUT2D eigenvalue weighted by Gasteiger charge is -2.17. The monoisotopic (exact) mass is 339 g/mol. The number of nitrogens with one attached hydrogen (secondary N) is 1. The summed E-state index contributed by atoms with van der Waals surface area (Å²) in [7, 11) is 0. The van der Waals surface area contributed by atoms with Gasteiger partial charge in [-0.05, 0) is 30.7 Å². The molecule has 0 aromatic heterocycles. The molecule has 20 heavy (non-hydrogen) atoms. The van der Waals surface area contributed by atoms with Gasteiger partial charge in [0.2, 0.25) is 11.8 Å². The van der Waals surface area contributed by atoms with Crippen molar-refractivity contribution in [2.45, 2.75) is 13.3 Å². The molecular weight excluding hydrogens is 322 g/mol. The number of rotatable bonds is 4. The first-order valence-corrected chi connectivity index (χ1v) is 7.36. The van der Waals surface area contributed by atoms with Crippen LogP contribution >= 0.6 is 15.9 Å². The van der Waals surface area contributed by atoms with Crippen molar-refractivity contribution in [1.29, 1.82) is 0 Å². The highest BCUT2D eigenvalue weighted by molar-refractivity contribution is 9.10. The topological polar surface area (TPSA) is 75.4 Å². The van der Waals surface area contributed by atoms with Gasteiger partial charge in [-0.1, -0.05) is 15.9 Å². The van der Waals surface area contributed by atoms with Crippen molar-refractivity contribution < 1.29 is 9.59 Å². The van der Waals surface area contributed by atoms with Crippen LogP contribution in [0.15, 0.2) is 22.7 Å². The van der Waals surface area contributed by atoms with Gasteiger partial charge in [-0.25, -0.2) is 0 Å². The van der Waals surface area contributed by atoms with Crippen molar-refractivity contribution in [2.24, 2.45) is 11.7 Å². The molecule has 1 saturated heterocycles. The van der Waals surface area contributed by atoms with E-state index < -0.39 is 0 Å². The molecule has 1 unspecified atom stereocenters. The van der Waals surface area contributed by atoms with E-state index in [9.17, 15) is 9.59 Å². The van der Waals surface area contributed by atoms with Gasteiger partial charge in [0.1, 0.15) is 0 Å². The van der Waals surface area contributed by atoms with E-state index in [1.807, 2.05) is 25.1 Å². The number of nitrogens with two attached hydrogens (primary N) is 1. The Kier molecular flexibility index (Phi) is 4.77. The van der Waals surface area contributed by atoms with Gasteiger partial charge in [-0.2, -0.15) is 0 Å². The summed E-state index contributed by atoms with van der Waals surface area (Å²) in [5.74, 6) is -0.405. The smallest absolute Gasteiger partial charge is 0.227 e. The van der Waals surface area contributed by atoms with Gasteiger partial charge in [0, 0.05) is 36.2 Å². The van der Waals surface area contributed by atoms with Crippen LogP contribution in [0.1, 0.15) is 12.0 Å². The summed E-state index contributed by atoms with van der Waals surface area (Å²) in [6.07, 6.45) is 0.255. The molecule has 0 saturated carbocycles. The molecule has 1 aliphatic rings. The first kappa shape index (κ1) is 15.0. The standard InChI is InChI=1S/C14H18BrN3O2/c1-9-6-11(2-3-12(9)15)18-8-10(7-13(18)19)14(20)17-5-4-16/h2-3,6,10H,4-5,7-8,16H2,1H3,(H,17,20). The summed E-state index contributed by atoms with van der Waals surface area (Å²) >= 11 is 3.44. The maximum Gasteiger partial charge on any atom is 0.227 e. The molecule has 1 heterocycles. The third-order valence-electron chi connectivity index (χ3n) is 3.39. The molecule has 5 nitrogen and oxygen atoms in total. The molecule has 0 radical (unpaired) electrons. The number of aryl methyl sites for hydroxylation is 1. The number of hydrogen-bond donors (Lipinski definition) is 2. The number of carbonyl (C=O) groups is 2. The lowest BCUT2D eigenvalue weighted by molar-refractivity contribution is -0.126. The number of benzene rings is 1. The third kappa shape index (κ3) is 3.19. The maximum absolute atomic E-state index is 12.1. The Balaban J connectivity index is 2.09. The van der Waals surface area contributed by atoms with Crippen LogP contribution in [0.5, 0.6) is 0 Å². The fraction of sp³-hybridized carbons (Fsp3) is 0.429. The first-order chi connectivity index (χ1) is 9.52. The Labute approximate surface area is 126 Å². The number of hydrogen-bond acceptors (Lipinski definition) is 3. The second-order valence-corrected chi connectivity index (χ2v) is 5.77. The van der Waals surface area contributed by atoms with Crippen LogP contribution in [0.3, 0.4) is 0 Å². The zero-order valence-electron chi connectivity index (χ0n) is 11.4. The third-order valence-corrected chi connectivity index (χ3v) is 4.28. The van der Waals surface area contributed by atoms with E-state index in [0.717, 1.165) is 15.7 Å². The first-order valence-electron chi connectivity index (χ1n) is 6.57. The molecule has 0 aliphatic carbocycles. The highest BCUT2D eigenvalue weighted by atomic mass is 79.9. The molecule has 0 spiro atoms. The summed E-state index contributed by atoms with van der Waals surface area (Å²) in [5, 5.41) is 2.74. The molecule has 1 fully saturated rings. The predicted molar refractivity (Wildman–Crippen MR) is 81.4 cm³/mol. The Bertz CT molecular complexity index is 533. The molecule has 1 aliphatic heterocycles. The van der Waals surface area contributed by atoms with Crippen LogP contribution in [-0.2, 0) is 9.59 Å². The normalized spacial score (nSPS) is 18.4. The largest absolute Gasteiger partial charge is 0.355 e. The van der Waals surface area contributed by atoms with Gasteiger partial charge in [0.15, 0.2) is 0 Å². The van der Waals surface area contributed by atoms with E-state index in [-0.39, 0.29) is 24.2 Å². The van der Waals surface area contributed by atoms with Crippen molar-refractivity contribution in [3.05, 3.63) is 28.2 Å². The lowest BCUT2D eigenvalue weighted by atomic mass is 10.1. The van der Waals surface area contributed by atoms with Crippen molar-refractivity contribution in [2.75, 3.05) is 24.5 Å². The summed E-state index contributed by atoms with van der Waals surface area (Å²) in [4.78, 5) is 25.6. The Morgan fingerprint density at radius 2 is 2.30 bits per heavy atom. The van der Waals surface area contributed by atoms with Crippen molar-refractivity contribution in [3.63, 3.8) is 0 Å². The zero-order chi connectivity index (χ0) is 14.7. The minimum atomic E-state index is -0.294. The Morgan fingerprint density at radius 1 is 1.55 bits per heavy atom. The minimum absolute atomic E-state index is 0.0142. The number of anilines is 1. The van der Waals surface area contributed by atoms with Crippen molar-refractivity contribution in [3.8, 4) is 0 Å². The molecule has 0 bridgehead atoms. The van der Waals surface area contributed by atoms with Crippen LogP contribution in [0.25, 0.3) is 0 Å². The summed E-state index contributed by atoms with van der Waals surface area (Å²) in [6, 6.07) is 5.75. The quantitative estimate of drug-likeness (QED) is 0.864. The molecule has 2 amide bonds. The molecular formula is C14H18BrN3O2. The summed E-state index contributed by atoms with van der Waals surface area (Å²) < 4.78 is 1.00. The Morgan fingerprint density at radius 3 is 2.95 bits per heavy atom.